The maximum atomic E-state index is 13.2. The summed E-state index contributed by atoms with van der Waals surface area (Å²) in [7, 11) is -3.66. The van der Waals surface area contributed by atoms with Gasteiger partial charge in [0.2, 0.25) is 5.91 Å². The molecule has 1 saturated carbocycles. The van der Waals surface area contributed by atoms with Crippen molar-refractivity contribution >= 4 is 15.7 Å². The van der Waals surface area contributed by atoms with Gasteiger partial charge in [0.15, 0.2) is 9.84 Å². The lowest BCUT2D eigenvalue weighted by Crippen LogP contribution is -2.40. The Labute approximate surface area is 137 Å². The molecule has 0 heterocycles. The number of benzene rings is 1. The van der Waals surface area contributed by atoms with Gasteiger partial charge in [0.1, 0.15) is 11.1 Å². The zero-order valence-electron chi connectivity index (χ0n) is 13.4. The number of hydrogen-bond donors (Lipinski definition) is 1. The summed E-state index contributed by atoms with van der Waals surface area (Å²) in [6.07, 6.45) is 5.76. The van der Waals surface area contributed by atoms with Crippen LogP contribution in [0.5, 0.6) is 0 Å². The third-order valence-electron chi connectivity index (χ3n) is 4.45. The largest absolute Gasteiger partial charge is 0.355 e. The molecule has 0 bridgehead atoms. The molecule has 1 aromatic carbocycles. The molecule has 0 spiro atoms. The van der Waals surface area contributed by atoms with Crippen molar-refractivity contribution in [3.05, 3.63) is 35.6 Å². The van der Waals surface area contributed by atoms with Crippen molar-refractivity contribution in [1.82, 2.24) is 5.32 Å². The Hall–Kier alpha value is -1.43. The SMILES string of the molecule is C[C@H](C(=O)NCC1CCCCC1)S(=O)(=O)Cc1cccc(F)c1. The summed E-state index contributed by atoms with van der Waals surface area (Å²) in [6, 6.07) is 5.46. The summed E-state index contributed by atoms with van der Waals surface area (Å²) in [5.41, 5.74) is 0.358. The monoisotopic (exact) mass is 341 g/mol. The van der Waals surface area contributed by atoms with Crippen LogP contribution in [0.4, 0.5) is 4.39 Å². The van der Waals surface area contributed by atoms with E-state index < -0.39 is 26.8 Å². The molecule has 1 aliphatic rings. The van der Waals surface area contributed by atoms with Gasteiger partial charge < -0.3 is 5.32 Å². The van der Waals surface area contributed by atoms with Crippen LogP contribution in [0.1, 0.15) is 44.6 Å². The lowest BCUT2D eigenvalue weighted by Gasteiger charge is -2.22. The molecule has 1 aliphatic carbocycles. The number of carbonyl (C=O) groups excluding carboxylic acids is 1. The zero-order chi connectivity index (χ0) is 16.9. The molecule has 0 radical (unpaired) electrons. The average Bonchev–Trinajstić information content (AvgIpc) is 2.52. The van der Waals surface area contributed by atoms with E-state index in [-0.39, 0.29) is 5.75 Å². The van der Waals surface area contributed by atoms with Crippen molar-refractivity contribution in [3.8, 4) is 0 Å². The molecule has 2 rings (SSSR count). The number of rotatable bonds is 6. The molecular formula is C17H24FNO3S. The first-order valence-electron chi connectivity index (χ1n) is 8.12. The standard InChI is InChI=1S/C17H24FNO3S/c1-13(17(20)19-11-14-6-3-2-4-7-14)23(21,22)12-15-8-5-9-16(18)10-15/h5,8-10,13-14H,2-4,6-7,11-12H2,1H3,(H,19,20)/t13-/m1/s1. The normalized spacial score (nSPS) is 17.7. The van der Waals surface area contributed by atoms with E-state index in [9.17, 15) is 17.6 Å². The Balaban J connectivity index is 1.91. The molecule has 1 aromatic rings. The van der Waals surface area contributed by atoms with Crippen molar-refractivity contribution in [2.45, 2.75) is 50.0 Å². The molecule has 1 fully saturated rings. The fourth-order valence-electron chi connectivity index (χ4n) is 2.93. The minimum absolute atomic E-state index is 0.331. The van der Waals surface area contributed by atoms with Crippen LogP contribution in [0.15, 0.2) is 24.3 Å². The first kappa shape index (κ1) is 17.9. The van der Waals surface area contributed by atoms with Crippen LogP contribution < -0.4 is 5.32 Å². The quantitative estimate of drug-likeness (QED) is 0.865. The molecule has 4 nitrogen and oxygen atoms in total. The van der Waals surface area contributed by atoms with Gasteiger partial charge in [-0.25, -0.2) is 12.8 Å². The number of nitrogens with one attached hydrogen (secondary N) is 1. The molecule has 23 heavy (non-hydrogen) atoms. The summed E-state index contributed by atoms with van der Waals surface area (Å²) in [6.45, 7) is 1.93. The van der Waals surface area contributed by atoms with Crippen molar-refractivity contribution in [3.63, 3.8) is 0 Å². The predicted molar refractivity (Wildman–Crippen MR) is 88.1 cm³/mol. The topological polar surface area (TPSA) is 63.2 Å². The first-order chi connectivity index (χ1) is 10.9. The lowest BCUT2D eigenvalue weighted by molar-refractivity contribution is -0.120. The second-order valence-corrected chi connectivity index (χ2v) is 8.65. The van der Waals surface area contributed by atoms with Gasteiger partial charge in [0.05, 0.1) is 5.75 Å². The van der Waals surface area contributed by atoms with Gasteiger partial charge in [-0.1, -0.05) is 31.4 Å². The highest BCUT2D eigenvalue weighted by Crippen LogP contribution is 2.23. The van der Waals surface area contributed by atoms with Crippen LogP contribution in [0.3, 0.4) is 0 Å². The minimum Gasteiger partial charge on any atom is -0.355 e. The van der Waals surface area contributed by atoms with Crippen LogP contribution >= 0.6 is 0 Å². The Kier molecular flexibility index (Phi) is 6.16. The van der Waals surface area contributed by atoms with Crippen LogP contribution in [-0.2, 0) is 20.4 Å². The summed E-state index contributed by atoms with van der Waals surface area (Å²) < 4.78 is 37.8. The van der Waals surface area contributed by atoms with E-state index in [1.165, 1.54) is 44.4 Å². The van der Waals surface area contributed by atoms with E-state index in [1.807, 2.05) is 0 Å². The molecule has 0 unspecified atom stereocenters. The van der Waals surface area contributed by atoms with E-state index in [0.29, 0.717) is 18.0 Å². The van der Waals surface area contributed by atoms with E-state index >= 15 is 0 Å². The van der Waals surface area contributed by atoms with Gasteiger partial charge in [-0.05, 0) is 43.4 Å². The lowest BCUT2D eigenvalue weighted by atomic mass is 9.89. The van der Waals surface area contributed by atoms with Gasteiger partial charge in [-0.15, -0.1) is 0 Å². The molecule has 128 valence electrons. The highest BCUT2D eigenvalue weighted by molar-refractivity contribution is 7.92. The predicted octanol–water partition coefficient (Wildman–Crippen LogP) is 2.83. The maximum Gasteiger partial charge on any atom is 0.238 e. The molecule has 0 aliphatic heterocycles. The number of sulfone groups is 1. The molecule has 1 amide bonds. The zero-order valence-corrected chi connectivity index (χ0v) is 14.2. The molecule has 1 N–H and O–H groups in total. The molecule has 0 saturated heterocycles. The van der Waals surface area contributed by atoms with E-state index in [1.54, 1.807) is 6.07 Å². The van der Waals surface area contributed by atoms with Crippen molar-refractivity contribution in [2.24, 2.45) is 5.92 Å². The third-order valence-corrected chi connectivity index (χ3v) is 6.48. The molecular weight excluding hydrogens is 317 g/mol. The van der Waals surface area contributed by atoms with Crippen LogP contribution in [0.25, 0.3) is 0 Å². The summed E-state index contributed by atoms with van der Waals surface area (Å²) in [5, 5.41) is 1.63. The maximum absolute atomic E-state index is 13.2. The Morgan fingerprint density at radius 3 is 2.65 bits per heavy atom. The van der Waals surface area contributed by atoms with Gasteiger partial charge in [0, 0.05) is 6.54 Å². The summed E-state index contributed by atoms with van der Waals surface area (Å²) in [5.74, 6) is -0.826. The fraction of sp³-hybridized carbons (Fsp3) is 0.588. The Bertz CT molecular complexity index is 639. The van der Waals surface area contributed by atoms with Crippen LogP contribution in [0.2, 0.25) is 0 Å². The Morgan fingerprint density at radius 1 is 1.30 bits per heavy atom. The number of halogens is 1. The van der Waals surface area contributed by atoms with Crippen molar-refractivity contribution < 1.29 is 17.6 Å². The van der Waals surface area contributed by atoms with E-state index in [4.69, 9.17) is 0 Å². The van der Waals surface area contributed by atoms with E-state index in [2.05, 4.69) is 5.32 Å². The first-order valence-corrected chi connectivity index (χ1v) is 9.84. The van der Waals surface area contributed by atoms with Crippen molar-refractivity contribution in [1.29, 1.82) is 0 Å². The van der Waals surface area contributed by atoms with Gasteiger partial charge in [-0.2, -0.15) is 0 Å². The minimum atomic E-state index is -3.66. The number of carbonyl (C=O) groups is 1. The number of hydrogen-bond acceptors (Lipinski definition) is 3. The van der Waals surface area contributed by atoms with Gasteiger partial charge in [0.25, 0.3) is 0 Å². The van der Waals surface area contributed by atoms with Crippen LogP contribution in [0, 0.1) is 11.7 Å². The summed E-state index contributed by atoms with van der Waals surface area (Å²) in [4.78, 5) is 12.1. The van der Waals surface area contributed by atoms with Crippen molar-refractivity contribution in [2.75, 3.05) is 6.54 Å². The highest BCUT2D eigenvalue weighted by atomic mass is 32.2. The second-order valence-electron chi connectivity index (χ2n) is 6.33. The van der Waals surface area contributed by atoms with Gasteiger partial charge >= 0.3 is 0 Å². The third kappa shape index (κ3) is 5.30. The van der Waals surface area contributed by atoms with Gasteiger partial charge in [-0.3, -0.25) is 4.79 Å². The second kappa shape index (κ2) is 7.90. The average molecular weight is 341 g/mol. The van der Waals surface area contributed by atoms with Crippen LogP contribution in [-0.4, -0.2) is 26.1 Å². The molecule has 6 heteroatoms. The fourth-order valence-corrected chi connectivity index (χ4v) is 4.23. The molecule has 1 atom stereocenters. The Morgan fingerprint density at radius 2 is 2.00 bits per heavy atom. The van der Waals surface area contributed by atoms with E-state index in [0.717, 1.165) is 12.8 Å². The highest BCUT2D eigenvalue weighted by Gasteiger charge is 2.28. The number of amides is 1. The molecule has 0 aromatic heterocycles. The summed E-state index contributed by atoms with van der Waals surface area (Å²) >= 11 is 0. The smallest absolute Gasteiger partial charge is 0.238 e.